The number of carbonyl (C=O) groups excluding carboxylic acids is 2. The molecule has 114 valence electrons. The zero-order chi connectivity index (χ0) is 15.8. The van der Waals surface area contributed by atoms with Gasteiger partial charge in [0.05, 0.1) is 5.54 Å². The molecular formula is C16H21FN2O2. The molecule has 1 aliphatic carbocycles. The smallest absolute Gasteiger partial charge is 0.244 e. The highest BCUT2D eigenvalue weighted by Crippen LogP contribution is 2.31. The Morgan fingerprint density at radius 3 is 2.62 bits per heavy atom. The molecule has 0 aliphatic heterocycles. The van der Waals surface area contributed by atoms with E-state index in [4.69, 9.17) is 0 Å². The summed E-state index contributed by atoms with van der Waals surface area (Å²) in [5, 5.41) is 2.76. The Bertz CT molecular complexity index is 582. The van der Waals surface area contributed by atoms with Gasteiger partial charge in [0.2, 0.25) is 5.91 Å². The third kappa shape index (κ3) is 2.97. The molecule has 0 heterocycles. The number of likely N-dealkylation sites (N-methyl/N-ethyl adjacent to an activating group) is 1. The molecule has 0 radical (unpaired) electrons. The van der Waals surface area contributed by atoms with Crippen LogP contribution in [0.4, 0.5) is 10.1 Å². The topological polar surface area (TPSA) is 49.4 Å². The fourth-order valence-corrected chi connectivity index (χ4v) is 2.38. The number of anilines is 1. The molecule has 1 aromatic carbocycles. The van der Waals surface area contributed by atoms with Gasteiger partial charge in [-0.25, -0.2) is 4.39 Å². The third-order valence-electron chi connectivity index (χ3n) is 4.36. The van der Waals surface area contributed by atoms with Crippen molar-refractivity contribution < 1.29 is 14.0 Å². The molecule has 1 aliphatic rings. The van der Waals surface area contributed by atoms with Crippen molar-refractivity contribution in [2.24, 2.45) is 5.92 Å². The van der Waals surface area contributed by atoms with Gasteiger partial charge in [-0.3, -0.25) is 9.69 Å². The molecule has 0 aromatic heterocycles. The summed E-state index contributed by atoms with van der Waals surface area (Å²) in [4.78, 5) is 24.9. The molecule has 21 heavy (non-hydrogen) atoms. The molecule has 1 atom stereocenters. The van der Waals surface area contributed by atoms with Crippen LogP contribution in [0.5, 0.6) is 0 Å². The molecule has 1 amide bonds. The number of rotatable bonds is 4. The van der Waals surface area contributed by atoms with Crippen molar-refractivity contribution in [1.29, 1.82) is 0 Å². The summed E-state index contributed by atoms with van der Waals surface area (Å²) < 4.78 is 14.1. The van der Waals surface area contributed by atoms with Crippen LogP contribution in [0, 0.1) is 11.7 Å². The number of carbonyl (C=O) groups is 2. The van der Waals surface area contributed by atoms with E-state index in [0.717, 1.165) is 11.8 Å². The van der Waals surface area contributed by atoms with Crippen LogP contribution in [0.15, 0.2) is 12.1 Å². The van der Waals surface area contributed by atoms with Gasteiger partial charge in [-0.05, 0) is 64.0 Å². The maximum Gasteiger partial charge on any atom is 0.244 e. The highest BCUT2D eigenvalue weighted by molar-refractivity contribution is 5.97. The van der Waals surface area contributed by atoms with Crippen molar-refractivity contribution in [3.05, 3.63) is 29.1 Å². The number of hydrogen-bond acceptors (Lipinski definition) is 3. The quantitative estimate of drug-likeness (QED) is 0.864. The summed E-state index contributed by atoms with van der Waals surface area (Å²) in [6.07, 6.45) is 1.85. The number of aldehydes is 1. The third-order valence-corrected chi connectivity index (χ3v) is 4.36. The van der Waals surface area contributed by atoms with Crippen molar-refractivity contribution >= 4 is 17.9 Å². The largest absolute Gasteiger partial charge is 0.324 e. The second kappa shape index (κ2) is 5.56. The van der Waals surface area contributed by atoms with E-state index in [1.54, 1.807) is 24.8 Å². The minimum absolute atomic E-state index is 0.154. The second-order valence-corrected chi connectivity index (χ2v) is 6.31. The maximum atomic E-state index is 14.1. The van der Waals surface area contributed by atoms with Gasteiger partial charge in [0.15, 0.2) is 0 Å². The minimum Gasteiger partial charge on any atom is -0.324 e. The molecular weight excluding hydrogens is 271 g/mol. The van der Waals surface area contributed by atoms with Gasteiger partial charge in [-0.15, -0.1) is 0 Å². The Morgan fingerprint density at radius 2 is 2.05 bits per heavy atom. The summed E-state index contributed by atoms with van der Waals surface area (Å²) >= 11 is 0. The van der Waals surface area contributed by atoms with Crippen LogP contribution in [0.25, 0.3) is 0 Å². The predicted octanol–water partition coefficient (Wildman–Crippen LogP) is 2.02. The molecule has 1 aromatic rings. The maximum absolute atomic E-state index is 14.1. The van der Waals surface area contributed by atoms with E-state index in [1.807, 2.05) is 14.1 Å². The van der Waals surface area contributed by atoms with E-state index in [0.29, 0.717) is 24.1 Å². The summed E-state index contributed by atoms with van der Waals surface area (Å²) in [5.41, 5.74) is 1.15. The van der Waals surface area contributed by atoms with Gasteiger partial charge in [-0.2, -0.15) is 0 Å². The van der Waals surface area contributed by atoms with Crippen LogP contribution in [0.2, 0.25) is 0 Å². The van der Waals surface area contributed by atoms with E-state index in [2.05, 4.69) is 5.32 Å². The van der Waals surface area contributed by atoms with Gasteiger partial charge in [0.1, 0.15) is 12.1 Å². The van der Waals surface area contributed by atoms with E-state index >= 15 is 0 Å². The molecule has 1 unspecified atom stereocenters. The fraction of sp³-hybridized carbons (Fsp3) is 0.500. The highest BCUT2D eigenvalue weighted by atomic mass is 19.1. The number of halogens is 1. The SMILES string of the molecule is CN(C)C(C)(C)C(=O)Nc1cc(F)c2c(c1)CC(C=O)C2. The Balaban J connectivity index is 2.22. The van der Waals surface area contributed by atoms with E-state index in [-0.39, 0.29) is 17.6 Å². The molecule has 0 bridgehead atoms. The van der Waals surface area contributed by atoms with Gasteiger partial charge in [0.25, 0.3) is 0 Å². The number of hydrogen-bond donors (Lipinski definition) is 1. The van der Waals surface area contributed by atoms with Crippen LogP contribution in [0.3, 0.4) is 0 Å². The van der Waals surface area contributed by atoms with Crippen molar-refractivity contribution in [3.63, 3.8) is 0 Å². The molecule has 4 nitrogen and oxygen atoms in total. The Hall–Kier alpha value is -1.75. The number of nitrogens with zero attached hydrogens (tertiary/aromatic N) is 1. The first kappa shape index (κ1) is 15.6. The monoisotopic (exact) mass is 292 g/mol. The van der Waals surface area contributed by atoms with Crippen LogP contribution in [0.1, 0.15) is 25.0 Å². The van der Waals surface area contributed by atoms with Gasteiger partial charge in [0, 0.05) is 11.6 Å². The van der Waals surface area contributed by atoms with Gasteiger partial charge < -0.3 is 10.1 Å². The lowest BCUT2D eigenvalue weighted by Gasteiger charge is -2.30. The van der Waals surface area contributed by atoms with E-state index in [1.165, 1.54) is 6.07 Å². The Morgan fingerprint density at radius 1 is 1.38 bits per heavy atom. The summed E-state index contributed by atoms with van der Waals surface area (Å²) in [6.45, 7) is 3.60. The zero-order valence-electron chi connectivity index (χ0n) is 12.9. The number of amides is 1. The van der Waals surface area contributed by atoms with Crippen molar-refractivity contribution in [2.75, 3.05) is 19.4 Å². The zero-order valence-corrected chi connectivity index (χ0v) is 12.9. The standard InChI is InChI=1S/C16H21FN2O2/c1-16(2,19(3)4)15(21)18-12-7-11-5-10(9-20)6-13(11)14(17)8-12/h7-10H,5-6H2,1-4H3,(H,18,21). The Labute approximate surface area is 124 Å². The minimum atomic E-state index is -0.694. The van der Waals surface area contributed by atoms with Crippen LogP contribution in [-0.4, -0.2) is 36.7 Å². The van der Waals surface area contributed by atoms with E-state index < -0.39 is 5.54 Å². The van der Waals surface area contributed by atoms with Gasteiger partial charge >= 0.3 is 0 Å². The lowest BCUT2D eigenvalue weighted by atomic mass is 10.0. The first-order valence-corrected chi connectivity index (χ1v) is 7.01. The molecule has 0 spiro atoms. The van der Waals surface area contributed by atoms with Crippen molar-refractivity contribution in [2.45, 2.75) is 32.2 Å². The molecule has 0 saturated carbocycles. The number of benzene rings is 1. The first-order chi connectivity index (χ1) is 9.75. The molecule has 1 N–H and O–H groups in total. The predicted molar refractivity (Wildman–Crippen MR) is 79.8 cm³/mol. The average Bonchev–Trinajstić information content (AvgIpc) is 2.82. The highest BCUT2D eigenvalue weighted by Gasteiger charge is 2.31. The number of nitrogens with one attached hydrogen (secondary N) is 1. The second-order valence-electron chi connectivity index (χ2n) is 6.31. The lowest BCUT2D eigenvalue weighted by Crippen LogP contribution is -2.48. The molecule has 2 rings (SSSR count). The summed E-state index contributed by atoms with van der Waals surface area (Å²) in [6, 6.07) is 3.10. The van der Waals surface area contributed by atoms with Crippen LogP contribution in [-0.2, 0) is 22.4 Å². The molecule has 0 fully saturated rings. The molecule has 0 saturated heterocycles. The fourth-order valence-electron chi connectivity index (χ4n) is 2.38. The van der Waals surface area contributed by atoms with Crippen molar-refractivity contribution in [1.82, 2.24) is 4.90 Å². The van der Waals surface area contributed by atoms with Crippen LogP contribution < -0.4 is 5.32 Å². The van der Waals surface area contributed by atoms with Gasteiger partial charge in [-0.1, -0.05) is 0 Å². The first-order valence-electron chi connectivity index (χ1n) is 7.01. The lowest BCUT2D eigenvalue weighted by molar-refractivity contribution is -0.124. The average molecular weight is 292 g/mol. The van der Waals surface area contributed by atoms with E-state index in [9.17, 15) is 14.0 Å². The van der Waals surface area contributed by atoms with Crippen molar-refractivity contribution in [3.8, 4) is 0 Å². The Kier molecular flexibility index (Phi) is 4.14. The summed E-state index contributed by atoms with van der Waals surface area (Å²) in [5.74, 6) is -0.703. The van der Waals surface area contributed by atoms with Crippen LogP contribution >= 0.6 is 0 Å². The number of fused-ring (bicyclic) bond motifs is 1. The molecule has 5 heteroatoms. The normalized spacial score (nSPS) is 17.7. The summed E-state index contributed by atoms with van der Waals surface area (Å²) in [7, 11) is 3.63.